The van der Waals surface area contributed by atoms with Crippen LogP contribution in [-0.4, -0.2) is 56.9 Å². The average molecular weight is 313 g/mol. The molecule has 1 saturated carbocycles. The largest absolute Gasteiger partial charge is 0.447 e. The van der Waals surface area contributed by atoms with Crippen molar-refractivity contribution < 1.29 is 12.8 Å². The molecule has 21 heavy (non-hydrogen) atoms. The van der Waals surface area contributed by atoms with E-state index in [4.69, 9.17) is 4.42 Å². The molecule has 1 N–H and O–H groups in total. The van der Waals surface area contributed by atoms with Gasteiger partial charge in [0.1, 0.15) is 5.76 Å². The Bertz CT molecular complexity index is 592. The van der Waals surface area contributed by atoms with E-state index >= 15 is 0 Å². The van der Waals surface area contributed by atoms with Gasteiger partial charge in [-0.3, -0.25) is 4.90 Å². The molecule has 7 heteroatoms. The second-order valence-corrected chi connectivity index (χ2v) is 8.18. The monoisotopic (exact) mass is 313 g/mol. The molecule has 1 aromatic rings. The maximum atomic E-state index is 11.9. The second-order valence-electron chi connectivity index (χ2n) is 6.10. The molecule has 6 nitrogen and oxygen atoms in total. The quantitative estimate of drug-likeness (QED) is 0.844. The normalized spacial score (nSPS) is 24.0. The Labute approximate surface area is 126 Å². The Morgan fingerprint density at radius 3 is 2.76 bits per heavy atom. The molecular formula is C14H23N3O3S. The summed E-state index contributed by atoms with van der Waals surface area (Å²) in [5.41, 5.74) is 0. The van der Waals surface area contributed by atoms with Gasteiger partial charge in [-0.2, -0.15) is 0 Å². The van der Waals surface area contributed by atoms with Gasteiger partial charge in [0.25, 0.3) is 10.0 Å². The van der Waals surface area contributed by atoms with Crippen LogP contribution in [0.3, 0.4) is 0 Å². The molecule has 2 fully saturated rings. The lowest BCUT2D eigenvalue weighted by Crippen LogP contribution is -2.32. The fraction of sp³-hybridized carbons (Fsp3) is 0.714. The molecule has 1 saturated heterocycles. The number of likely N-dealkylation sites (tertiary alicyclic amines) is 1. The summed E-state index contributed by atoms with van der Waals surface area (Å²) in [7, 11) is -0.473. The van der Waals surface area contributed by atoms with E-state index < -0.39 is 10.0 Å². The van der Waals surface area contributed by atoms with Crippen LogP contribution in [0, 0.1) is 0 Å². The number of rotatable bonds is 6. The summed E-state index contributed by atoms with van der Waals surface area (Å²) in [4.78, 5) is 2.54. The molecule has 1 unspecified atom stereocenters. The standard InChI is InChI=1S/C14H23N3O3S/c1-16(2)21(18,19)14-6-5-13(20-14)9-15-11-7-8-17(10-11)12-3-4-12/h5-6,11-12,15H,3-4,7-10H2,1-2H3. The van der Waals surface area contributed by atoms with Crippen LogP contribution in [-0.2, 0) is 16.6 Å². The molecule has 0 radical (unpaired) electrons. The minimum Gasteiger partial charge on any atom is -0.447 e. The van der Waals surface area contributed by atoms with Gasteiger partial charge in [-0.25, -0.2) is 12.7 Å². The second kappa shape index (κ2) is 5.72. The predicted molar refractivity (Wildman–Crippen MR) is 79.4 cm³/mol. The van der Waals surface area contributed by atoms with Crippen molar-refractivity contribution in [2.24, 2.45) is 0 Å². The highest BCUT2D eigenvalue weighted by Gasteiger charge is 2.34. The Hall–Kier alpha value is -0.890. The maximum Gasteiger partial charge on any atom is 0.275 e. The van der Waals surface area contributed by atoms with E-state index in [-0.39, 0.29) is 5.09 Å². The summed E-state index contributed by atoms with van der Waals surface area (Å²) in [5, 5.41) is 3.47. The predicted octanol–water partition coefficient (Wildman–Crippen LogP) is 0.856. The molecule has 1 aromatic heterocycles. The van der Waals surface area contributed by atoms with Gasteiger partial charge in [0.15, 0.2) is 0 Å². The van der Waals surface area contributed by atoms with E-state index in [1.54, 1.807) is 6.07 Å². The van der Waals surface area contributed by atoms with Gasteiger partial charge in [-0.1, -0.05) is 0 Å². The van der Waals surface area contributed by atoms with Gasteiger partial charge in [0.2, 0.25) is 5.09 Å². The molecule has 0 amide bonds. The number of furan rings is 1. The fourth-order valence-corrected chi connectivity index (χ4v) is 3.55. The van der Waals surface area contributed by atoms with E-state index in [9.17, 15) is 8.42 Å². The zero-order valence-electron chi connectivity index (χ0n) is 12.6. The Morgan fingerprint density at radius 1 is 1.33 bits per heavy atom. The molecule has 0 bridgehead atoms. The number of hydrogen-bond donors (Lipinski definition) is 1. The highest BCUT2D eigenvalue weighted by atomic mass is 32.2. The Kier molecular flexibility index (Phi) is 4.09. The van der Waals surface area contributed by atoms with Crippen LogP contribution in [0.2, 0.25) is 0 Å². The number of sulfonamides is 1. The summed E-state index contributed by atoms with van der Waals surface area (Å²) in [5.74, 6) is 0.667. The van der Waals surface area contributed by atoms with Crippen molar-refractivity contribution in [1.29, 1.82) is 0 Å². The van der Waals surface area contributed by atoms with Gasteiger partial charge < -0.3 is 9.73 Å². The summed E-state index contributed by atoms with van der Waals surface area (Å²) in [6, 6.07) is 4.55. The SMILES string of the molecule is CN(C)S(=O)(=O)c1ccc(CNC2CCN(C3CC3)C2)o1. The van der Waals surface area contributed by atoms with Crippen molar-refractivity contribution in [3.63, 3.8) is 0 Å². The third kappa shape index (κ3) is 3.31. The molecular weight excluding hydrogens is 290 g/mol. The number of nitrogens with zero attached hydrogens (tertiary/aromatic N) is 2. The first-order valence-electron chi connectivity index (χ1n) is 7.45. The van der Waals surface area contributed by atoms with Crippen molar-refractivity contribution in [1.82, 2.24) is 14.5 Å². The lowest BCUT2D eigenvalue weighted by atomic mass is 10.2. The minimum absolute atomic E-state index is 0.00956. The van der Waals surface area contributed by atoms with Crippen LogP contribution in [0.5, 0.6) is 0 Å². The summed E-state index contributed by atoms with van der Waals surface area (Å²) >= 11 is 0. The molecule has 0 aromatic carbocycles. The number of hydrogen-bond acceptors (Lipinski definition) is 5. The fourth-order valence-electron chi connectivity index (χ4n) is 2.74. The summed E-state index contributed by atoms with van der Waals surface area (Å²) in [6.07, 6.45) is 3.84. The van der Waals surface area contributed by atoms with Crippen LogP contribution in [0.4, 0.5) is 0 Å². The van der Waals surface area contributed by atoms with Gasteiger partial charge in [0.05, 0.1) is 6.54 Å². The van der Waals surface area contributed by atoms with E-state index in [1.807, 2.05) is 0 Å². The lowest BCUT2D eigenvalue weighted by Gasteiger charge is -2.15. The molecule has 1 aliphatic carbocycles. The van der Waals surface area contributed by atoms with E-state index in [1.165, 1.54) is 39.5 Å². The van der Waals surface area contributed by atoms with Crippen LogP contribution < -0.4 is 5.32 Å². The van der Waals surface area contributed by atoms with Crippen molar-refractivity contribution in [2.75, 3.05) is 27.2 Å². The van der Waals surface area contributed by atoms with Crippen molar-refractivity contribution in [2.45, 2.75) is 43.0 Å². The molecule has 0 spiro atoms. The van der Waals surface area contributed by atoms with Crippen LogP contribution in [0.15, 0.2) is 21.6 Å². The first kappa shape index (κ1) is 15.0. The zero-order valence-corrected chi connectivity index (χ0v) is 13.4. The average Bonchev–Trinajstić information content (AvgIpc) is 3.00. The maximum absolute atomic E-state index is 11.9. The van der Waals surface area contributed by atoms with Crippen molar-refractivity contribution in [3.05, 3.63) is 17.9 Å². The zero-order chi connectivity index (χ0) is 15.0. The van der Waals surface area contributed by atoms with E-state index in [0.717, 1.165) is 23.3 Å². The number of nitrogens with one attached hydrogen (secondary N) is 1. The van der Waals surface area contributed by atoms with Crippen LogP contribution in [0.1, 0.15) is 25.0 Å². The third-order valence-electron chi connectivity index (χ3n) is 4.22. The van der Waals surface area contributed by atoms with Crippen molar-refractivity contribution >= 4 is 10.0 Å². The van der Waals surface area contributed by atoms with Crippen molar-refractivity contribution in [3.8, 4) is 0 Å². The van der Waals surface area contributed by atoms with Crippen LogP contribution in [0.25, 0.3) is 0 Å². The molecule has 118 valence electrons. The first-order chi connectivity index (χ1) is 9.96. The Morgan fingerprint density at radius 2 is 2.10 bits per heavy atom. The first-order valence-corrected chi connectivity index (χ1v) is 8.89. The smallest absolute Gasteiger partial charge is 0.275 e. The topological polar surface area (TPSA) is 65.8 Å². The van der Waals surface area contributed by atoms with Crippen LogP contribution >= 0.6 is 0 Å². The highest BCUT2D eigenvalue weighted by Crippen LogP contribution is 2.29. The summed E-state index contributed by atoms with van der Waals surface area (Å²) in [6.45, 7) is 2.83. The molecule has 1 aliphatic heterocycles. The van der Waals surface area contributed by atoms with Gasteiger partial charge in [-0.05, 0) is 31.4 Å². The molecule has 3 rings (SSSR count). The molecule has 2 heterocycles. The highest BCUT2D eigenvalue weighted by molar-refractivity contribution is 7.88. The molecule has 2 aliphatic rings. The van der Waals surface area contributed by atoms with E-state index in [0.29, 0.717) is 18.3 Å². The van der Waals surface area contributed by atoms with E-state index in [2.05, 4.69) is 10.2 Å². The lowest BCUT2D eigenvalue weighted by molar-refractivity contribution is 0.314. The van der Waals surface area contributed by atoms with Gasteiger partial charge in [-0.15, -0.1) is 0 Å². The van der Waals surface area contributed by atoms with Gasteiger partial charge >= 0.3 is 0 Å². The van der Waals surface area contributed by atoms with Gasteiger partial charge in [0, 0.05) is 39.3 Å². The molecule has 1 atom stereocenters. The Balaban J connectivity index is 1.53. The summed E-state index contributed by atoms with van der Waals surface area (Å²) < 4.78 is 30.5. The minimum atomic E-state index is -3.47. The third-order valence-corrected chi connectivity index (χ3v) is 5.91.